The molecule has 0 fully saturated rings. The molecular formula is C15H20N2. The van der Waals surface area contributed by atoms with Crippen LogP contribution in [0.15, 0.2) is 42.7 Å². The van der Waals surface area contributed by atoms with Crippen molar-refractivity contribution in [3.05, 3.63) is 48.4 Å². The van der Waals surface area contributed by atoms with Crippen LogP contribution in [0.1, 0.15) is 39.3 Å². The molecule has 0 saturated carbocycles. The average molecular weight is 228 g/mol. The largest absolute Gasteiger partial charge is 0.264 e. The Hall–Kier alpha value is -1.70. The topological polar surface area (TPSA) is 25.8 Å². The SMILES string of the molecule is CC.CC(C)c1cccc(-c2cccnc2)n1. The van der Waals surface area contributed by atoms with E-state index in [0.29, 0.717) is 5.92 Å². The highest BCUT2D eigenvalue weighted by Crippen LogP contribution is 2.18. The van der Waals surface area contributed by atoms with E-state index in [1.54, 1.807) is 6.20 Å². The Balaban J connectivity index is 0.000000686. The van der Waals surface area contributed by atoms with Gasteiger partial charge >= 0.3 is 0 Å². The molecule has 0 N–H and O–H groups in total. The predicted molar refractivity (Wildman–Crippen MR) is 72.9 cm³/mol. The fourth-order valence-corrected chi connectivity index (χ4v) is 1.45. The molecule has 2 heteroatoms. The molecule has 0 radical (unpaired) electrons. The van der Waals surface area contributed by atoms with E-state index in [4.69, 9.17) is 0 Å². The molecule has 0 aliphatic heterocycles. The highest BCUT2D eigenvalue weighted by molar-refractivity contribution is 5.57. The Morgan fingerprint density at radius 2 is 1.76 bits per heavy atom. The van der Waals surface area contributed by atoms with Gasteiger partial charge in [0.2, 0.25) is 0 Å². The van der Waals surface area contributed by atoms with Crippen LogP contribution in [0.5, 0.6) is 0 Å². The molecule has 17 heavy (non-hydrogen) atoms. The summed E-state index contributed by atoms with van der Waals surface area (Å²) in [4.78, 5) is 8.70. The van der Waals surface area contributed by atoms with Gasteiger partial charge in [-0.25, -0.2) is 0 Å². The maximum absolute atomic E-state index is 4.60. The molecule has 0 saturated heterocycles. The summed E-state index contributed by atoms with van der Waals surface area (Å²) in [5.74, 6) is 0.460. The molecule has 0 amide bonds. The average Bonchev–Trinajstić information content (AvgIpc) is 2.42. The number of nitrogens with zero attached hydrogens (tertiary/aromatic N) is 2. The Morgan fingerprint density at radius 3 is 2.35 bits per heavy atom. The van der Waals surface area contributed by atoms with Crippen molar-refractivity contribution in [3.8, 4) is 11.3 Å². The van der Waals surface area contributed by atoms with Gasteiger partial charge in [0.25, 0.3) is 0 Å². The van der Waals surface area contributed by atoms with Crippen molar-refractivity contribution < 1.29 is 0 Å². The van der Waals surface area contributed by atoms with Crippen LogP contribution in [0.25, 0.3) is 11.3 Å². The molecule has 2 heterocycles. The van der Waals surface area contributed by atoms with Crippen LogP contribution in [0.3, 0.4) is 0 Å². The van der Waals surface area contributed by atoms with Gasteiger partial charge in [-0.3, -0.25) is 9.97 Å². The van der Waals surface area contributed by atoms with Crippen LogP contribution >= 0.6 is 0 Å². The zero-order chi connectivity index (χ0) is 12.7. The van der Waals surface area contributed by atoms with Gasteiger partial charge in [-0.15, -0.1) is 0 Å². The number of hydrogen-bond donors (Lipinski definition) is 0. The first-order valence-electron chi connectivity index (χ1n) is 6.15. The van der Waals surface area contributed by atoms with Gasteiger partial charge in [-0.2, -0.15) is 0 Å². The standard InChI is InChI=1S/C13H14N2.C2H6/c1-10(2)12-6-3-7-13(15-12)11-5-4-8-14-9-11;1-2/h3-10H,1-2H3;1-2H3. The van der Waals surface area contributed by atoms with E-state index in [2.05, 4.69) is 29.9 Å². The van der Waals surface area contributed by atoms with E-state index in [1.807, 2.05) is 44.3 Å². The number of pyridine rings is 2. The molecule has 2 rings (SSSR count). The van der Waals surface area contributed by atoms with E-state index in [0.717, 1.165) is 17.0 Å². The first-order valence-corrected chi connectivity index (χ1v) is 6.15. The lowest BCUT2D eigenvalue weighted by molar-refractivity contribution is 0.824. The normalized spacial score (nSPS) is 9.71. The maximum Gasteiger partial charge on any atom is 0.0720 e. The van der Waals surface area contributed by atoms with Crippen molar-refractivity contribution in [2.45, 2.75) is 33.6 Å². The van der Waals surface area contributed by atoms with Gasteiger partial charge < -0.3 is 0 Å². The lowest BCUT2D eigenvalue weighted by atomic mass is 10.1. The number of rotatable bonds is 2. The predicted octanol–water partition coefficient (Wildman–Crippen LogP) is 4.29. The molecule has 0 bridgehead atoms. The highest BCUT2D eigenvalue weighted by atomic mass is 14.7. The van der Waals surface area contributed by atoms with Crippen molar-refractivity contribution in [1.82, 2.24) is 9.97 Å². The summed E-state index contributed by atoms with van der Waals surface area (Å²) in [7, 11) is 0. The van der Waals surface area contributed by atoms with E-state index in [-0.39, 0.29) is 0 Å². The molecule has 2 aromatic rings. The Kier molecular flexibility index (Phi) is 5.34. The van der Waals surface area contributed by atoms with Gasteiger partial charge in [0, 0.05) is 23.7 Å². The van der Waals surface area contributed by atoms with Crippen molar-refractivity contribution in [1.29, 1.82) is 0 Å². The summed E-state index contributed by atoms with van der Waals surface area (Å²) in [5.41, 5.74) is 3.19. The summed E-state index contributed by atoms with van der Waals surface area (Å²) >= 11 is 0. The van der Waals surface area contributed by atoms with Crippen molar-refractivity contribution in [3.63, 3.8) is 0 Å². The van der Waals surface area contributed by atoms with E-state index in [1.165, 1.54) is 0 Å². The fourth-order valence-electron chi connectivity index (χ4n) is 1.45. The molecule has 90 valence electrons. The van der Waals surface area contributed by atoms with Crippen LogP contribution in [0.4, 0.5) is 0 Å². The third-order valence-electron chi connectivity index (χ3n) is 2.32. The van der Waals surface area contributed by atoms with Gasteiger partial charge in [0.15, 0.2) is 0 Å². The number of aromatic nitrogens is 2. The molecular weight excluding hydrogens is 208 g/mol. The Labute approximate surface area is 104 Å². The Bertz CT molecular complexity index is 436. The summed E-state index contributed by atoms with van der Waals surface area (Å²) in [5, 5.41) is 0. The second-order valence-electron chi connectivity index (χ2n) is 3.84. The van der Waals surface area contributed by atoms with E-state index < -0.39 is 0 Å². The third-order valence-corrected chi connectivity index (χ3v) is 2.32. The van der Waals surface area contributed by atoms with Crippen molar-refractivity contribution in [2.75, 3.05) is 0 Å². The lowest BCUT2D eigenvalue weighted by Crippen LogP contribution is -1.93. The Morgan fingerprint density at radius 1 is 1.00 bits per heavy atom. The molecule has 0 unspecified atom stereocenters. The van der Waals surface area contributed by atoms with Crippen LogP contribution in [-0.2, 0) is 0 Å². The minimum absolute atomic E-state index is 0.460. The van der Waals surface area contributed by atoms with Crippen LogP contribution in [0.2, 0.25) is 0 Å². The smallest absolute Gasteiger partial charge is 0.0720 e. The zero-order valence-electron chi connectivity index (χ0n) is 11.0. The van der Waals surface area contributed by atoms with Crippen LogP contribution in [-0.4, -0.2) is 9.97 Å². The number of hydrogen-bond acceptors (Lipinski definition) is 2. The molecule has 0 atom stereocenters. The minimum atomic E-state index is 0.460. The van der Waals surface area contributed by atoms with Gasteiger partial charge in [0.1, 0.15) is 0 Å². The molecule has 2 aromatic heterocycles. The summed E-state index contributed by atoms with van der Waals surface area (Å²) in [6.45, 7) is 8.30. The first-order chi connectivity index (χ1) is 8.27. The van der Waals surface area contributed by atoms with Gasteiger partial charge in [0.05, 0.1) is 5.69 Å². The second kappa shape index (κ2) is 6.79. The van der Waals surface area contributed by atoms with Crippen molar-refractivity contribution in [2.24, 2.45) is 0 Å². The second-order valence-corrected chi connectivity index (χ2v) is 3.84. The lowest BCUT2D eigenvalue weighted by Gasteiger charge is -2.06. The summed E-state index contributed by atoms with van der Waals surface area (Å²) in [6.07, 6.45) is 3.61. The van der Waals surface area contributed by atoms with Crippen molar-refractivity contribution >= 4 is 0 Å². The van der Waals surface area contributed by atoms with Gasteiger partial charge in [-0.1, -0.05) is 33.8 Å². The molecule has 0 aromatic carbocycles. The zero-order valence-corrected chi connectivity index (χ0v) is 11.0. The molecule has 0 spiro atoms. The third kappa shape index (κ3) is 3.66. The molecule has 0 aliphatic carbocycles. The quantitative estimate of drug-likeness (QED) is 0.766. The van der Waals surface area contributed by atoms with E-state index in [9.17, 15) is 0 Å². The monoisotopic (exact) mass is 228 g/mol. The first kappa shape index (κ1) is 13.4. The summed E-state index contributed by atoms with van der Waals surface area (Å²) < 4.78 is 0. The highest BCUT2D eigenvalue weighted by Gasteiger charge is 2.03. The summed E-state index contributed by atoms with van der Waals surface area (Å²) in [6, 6.07) is 10.1. The molecule has 0 aliphatic rings. The maximum atomic E-state index is 4.60. The van der Waals surface area contributed by atoms with Gasteiger partial charge in [-0.05, 0) is 30.2 Å². The minimum Gasteiger partial charge on any atom is -0.264 e. The van der Waals surface area contributed by atoms with Crippen LogP contribution < -0.4 is 0 Å². The van der Waals surface area contributed by atoms with Crippen LogP contribution in [0, 0.1) is 0 Å². The fraction of sp³-hybridized carbons (Fsp3) is 0.333. The molecule has 2 nitrogen and oxygen atoms in total. The van der Waals surface area contributed by atoms with E-state index >= 15 is 0 Å².